The smallest absolute Gasteiger partial charge is 0.0124 e. The Bertz CT molecular complexity index is 284. The molecule has 0 spiro atoms. The van der Waals surface area contributed by atoms with Crippen molar-refractivity contribution in [2.45, 2.75) is 67.2 Å². The van der Waals surface area contributed by atoms with Gasteiger partial charge in [-0.15, -0.1) is 11.8 Å². The van der Waals surface area contributed by atoms with Gasteiger partial charge in [-0.2, -0.15) is 0 Å². The summed E-state index contributed by atoms with van der Waals surface area (Å²) in [5.74, 6) is 0. The van der Waals surface area contributed by atoms with E-state index < -0.39 is 0 Å². The molecule has 0 aromatic carbocycles. The van der Waals surface area contributed by atoms with Gasteiger partial charge in [0.2, 0.25) is 0 Å². The van der Waals surface area contributed by atoms with Crippen molar-refractivity contribution in [2.24, 2.45) is 10.8 Å². The molecule has 0 heterocycles. The number of hydrogen-bond acceptors (Lipinski definition) is 1. The molecule has 0 aliphatic carbocycles. The molecular weight excluding hydrogens is 236 g/mol. The fraction of sp³-hybridized carbons (Fsp3) is 0.765. The lowest BCUT2D eigenvalue weighted by atomic mass is 9.81. The summed E-state index contributed by atoms with van der Waals surface area (Å²) in [6.07, 6.45) is 7.13. The number of thioether (sulfide) groups is 1. The molecule has 0 fully saturated rings. The summed E-state index contributed by atoms with van der Waals surface area (Å²) in [5, 5.41) is 2.27. The molecular formula is C17H32S. The quantitative estimate of drug-likeness (QED) is 0.394. The molecule has 0 radical (unpaired) electrons. The second kappa shape index (κ2) is 7.43. The van der Waals surface area contributed by atoms with Crippen molar-refractivity contribution < 1.29 is 0 Å². The average molecular weight is 269 g/mol. The Balaban J connectivity index is 4.27. The molecule has 0 unspecified atom stereocenters. The van der Waals surface area contributed by atoms with Gasteiger partial charge < -0.3 is 0 Å². The molecule has 0 saturated heterocycles. The lowest BCUT2D eigenvalue weighted by Gasteiger charge is -2.25. The normalized spacial score (nSPS) is 13.8. The third-order valence-corrected chi connectivity index (χ3v) is 3.55. The maximum atomic E-state index is 4.29. The van der Waals surface area contributed by atoms with E-state index in [2.05, 4.69) is 59.8 Å². The van der Waals surface area contributed by atoms with Crippen LogP contribution < -0.4 is 0 Å². The minimum atomic E-state index is 0.212. The van der Waals surface area contributed by atoms with Crippen LogP contribution in [0, 0.1) is 10.8 Å². The van der Waals surface area contributed by atoms with E-state index >= 15 is 0 Å². The first kappa shape index (κ1) is 17.8. The van der Waals surface area contributed by atoms with Gasteiger partial charge in [0, 0.05) is 0 Å². The molecule has 0 aliphatic heterocycles. The largest absolute Gasteiger partial charge is 0.137 e. The van der Waals surface area contributed by atoms with Gasteiger partial charge in [-0.1, -0.05) is 60.1 Å². The summed E-state index contributed by atoms with van der Waals surface area (Å²) < 4.78 is 0. The first-order chi connectivity index (χ1) is 8.08. The predicted molar refractivity (Wildman–Crippen MR) is 88.1 cm³/mol. The van der Waals surface area contributed by atoms with Crippen molar-refractivity contribution in [3.63, 3.8) is 0 Å². The third kappa shape index (κ3) is 8.02. The molecule has 106 valence electrons. The standard InChI is InChI=1S/C17H32S/c1-14(11-9-10-12-16(2,3)4)15(13-18-8)17(5,6)7/h13H,1,9-12H2,2-8H3/b15-13+. The van der Waals surface area contributed by atoms with Crippen LogP contribution in [0.15, 0.2) is 23.1 Å². The van der Waals surface area contributed by atoms with Crippen molar-refractivity contribution >= 4 is 11.8 Å². The zero-order valence-corrected chi connectivity index (χ0v) is 14.3. The molecule has 0 aromatic heterocycles. The third-order valence-electron chi connectivity index (χ3n) is 3.08. The van der Waals surface area contributed by atoms with Gasteiger partial charge in [-0.25, -0.2) is 0 Å². The van der Waals surface area contributed by atoms with E-state index in [-0.39, 0.29) is 5.41 Å². The summed E-state index contributed by atoms with van der Waals surface area (Å²) in [5.41, 5.74) is 3.42. The molecule has 0 atom stereocenters. The number of unbranched alkanes of at least 4 members (excludes halogenated alkanes) is 1. The molecule has 0 saturated carbocycles. The number of hydrogen-bond donors (Lipinski definition) is 0. The highest BCUT2D eigenvalue weighted by molar-refractivity contribution is 8.01. The van der Waals surface area contributed by atoms with Crippen LogP contribution in [-0.2, 0) is 0 Å². The molecule has 0 rings (SSSR count). The van der Waals surface area contributed by atoms with Gasteiger partial charge in [-0.3, -0.25) is 0 Å². The van der Waals surface area contributed by atoms with Gasteiger partial charge in [-0.05, 0) is 47.3 Å². The Morgan fingerprint density at radius 1 is 1.06 bits per heavy atom. The molecule has 0 nitrogen and oxygen atoms in total. The van der Waals surface area contributed by atoms with E-state index in [0.29, 0.717) is 5.41 Å². The van der Waals surface area contributed by atoms with Crippen LogP contribution >= 0.6 is 11.8 Å². The second-order valence-electron chi connectivity index (χ2n) is 7.39. The first-order valence-electron chi connectivity index (χ1n) is 6.99. The van der Waals surface area contributed by atoms with Crippen molar-refractivity contribution in [3.05, 3.63) is 23.1 Å². The maximum absolute atomic E-state index is 4.29. The summed E-state index contributed by atoms with van der Waals surface area (Å²) >= 11 is 1.79. The minimum absolute atomic E-state index is 0.212. The lowest BCUT2D eigenvalue weighted by molar-refractivity contribution is 0.360. The van der Waals surface area contributed by atoms with E-state index in [1.165, 1.54) is 30.4 Å². The SMILES string of the molecule is C=C(CCCCC(C)(C)C)/C(=C\SC)C(C)(C)C. The van der Waals surface area contributed by atoms with Crippen LogP contribution in [0.2, 0.25) is 0 Å². The summed E-state index contributed by atoms with van der Waals surface area (Å²) in [7, 11) is 0. The Labute approximate surface area is 119 Å². The van der Waals surface area contributed by atoms with E-state index in [9.17, 15) is 0 Å². The van der Waals surface area contributed by atoms with Crippen molar-refractivity contribution in [2.75, 3.05) is 6.26 Å². The number of rotatable bonds is 6. The Morgan fingerprint density at radius 2 is 1.61 bits per heavy atom. The topological polar surface area (TPSA) is 0 Å². The molecule has 0 aromatic rings. The molecule has 0 amide bonds. The van der Waals surface area contributed by atoms with Crippen LogP contribution in [0.3, 0.4) is 0 Å². The van der Waals surface area contributed by atoms with Gasteiger partial charge in [0.15, 0.2) is 0 Å². The zero-order chi connectivity index (χ0) is 14.4. The highest BCUT2D eigenvalue weighted by Gasteiger charge is 2.19. The molecule has 0 aliphatic rings. The fourth-order valence-electron chi connectivity index (χ4n) is 2.04. The minimum Gasteiger partial charge on any atom is -0.137 e. The van der Waals surface area contributed by atoms with E-state index in [1.54, 1.807) is 11.8 Å². The van der Waals surface area contributed by atoms with Crippen LogP contribution in [0.25, 0.3) is 0 Å². The van der Waals surface area contributed by atoms with E-state index in [0.717, 1.165) is 6.42 Å². The zero-order valence-electron chi connectivity index (χ0n) is 13.5. The number of allylic oxidation sites excluding steroid dienone is 2. The van der Waals surface area contributed by atoms with Gasteiger partial charge in [0.1, 0.15) is 0 Å². The highest BCUT2D eigenvalue weighted by atomic mass is 32.2. The van der Waals surface area contributed by atoms with Gasteiger partial charge >= 0.3 is 0 Å². The second-order valence-corrected chi connectivity index (χ2v) is 8.10. The van der Waals surface area contributed by atoms with E-state index in [4.69, 9.17) is 0 Å². The van der Waals surface area contributed by atoms with E-state index in [1.807, 2.05) is 0 Å². The average Bonchev–Trinajstić information content (AvgIpc) is 2.17. The van der Waals surface area contributed by atoms with Crippen LogP contribution in [0.4, 0.5) is 0 Å². The maximum Gasteiger partial charge on any atom is -0.0124 e. The van der Waals surface area contributed by atoms with Crippen LogP contribution in [0.5, 0.6) is 0 Å². The van der Waals surface area contributed by atoms with Crippen molar-refractivity contribution in [1.82, 2.24) is 0 Å². The molecule has 1 heteroatoms. The van der Waals surface area contributed by atoms with Crippen LogP contribution in [0.1, 0.15) is 67.2 Å². The van der Waals surface area contributed by atoms with Gasteiger partial charge in [0.25, 0.3) is 0 Å². The van der Waals surface area contributed by atoms with Crippen molar-refractivity contribution in [1.29, 1.82) is 0 Å². The summed E-state index contributed by atoms with van der Waals surface area (Å²) in [4.78, 5) is 0. The Morgan fingerprint density at radius 3 is 2.00 bits per heavy atom. The lowest BCUT2D eigenvalue weighted by Crippen LogP contribution is -2.11. The Kier molecular flexibility index (Phi) is 7.36. The highest BCUT2D eigenvalue weighted by Crippen LogP contribution is 2.34. The van der Waals surface area contributed by atoms with Gasteiger partial charge in [0.05, 0.1) is 0 Å². The van der Waals surface area contributed by atoms with Crippen molar-refractivity contribution in [3.8, 4) is 0 Å². The molecule has 0 N–H and O–H groups in total. The Hall–Kier alpha value is -0.170. The molecule has 0 bridgehead atoms. The van der Waals surface area contributed by atoms with Crippen LogP contribution in [-0.4, -0.2) is 6.26 Å². The first-order valence-corrected chi connectivity index (χ1v) is 8.28. The fourth-order valence-corrected chi connectivity index (χ4v) is 2.79. The molecule has 18 heavy (non-hydrogen) atoms. The summed E-state index contributed by atoms with van der Waals surface area (Å²) in [6, 6.07) is 0. The summed E-state index contributed by atoms with van der Waals surface area (Å²) in [6.45, 7) is 18.1. The predicted octanol–water partition coefficient (Wildman–Crippen LogP) is 6.44. The monoisotopic (exact) mass is 268 g/mol.